The molecule has 0 atom stereocenters. The van der Waals surface area contributed by atoms with Crippen LogP contribution in [0.25, 0.3) is 22.3 Å². The minimum absolute atomic E-state index is 0.0383. The van der Waals surface area contributed by atoms with E-state index >= 15 is 0 Å². The van der Waals surface area contributed by atoms with E-state index in [0.29, 0.717) is 5.65 Å². The average Bonchev–Trinajstić information content (AvgIpc) is 2.54. The smallest absolute Gasteiger partial charge is 0.191 e. The van der Waals surface area contributed by atoms with Crippen molar-refractivity contribution in [2.24, 2.45) is 0 Å². The number of benzene rings is 1. The second kappa shape index (κ2) is 5.76. The van der Waals surface area contributed by atoms with E-state index < -0.39 is 0 Å². The molecule has 22 heavy (non-hydrogen) atoms. The number of nitrogens with one attached hydrogen (secondary N) is 1. The number of aryl methyl sites for hydroxylation is 3. The molecule has 1 aromatic carbocycles. The highest BCUT2D eigenvalue weighted by Crippen LogP contribution is 2.21. The van der Waals surface area contributed by atoms with Crippen LogP contribution in [0.1, 0.15) is 30.7 Å². The van der Waals surface area contributed by atoms with Gasteiger partial charge in [-0.3, -0.25) is 4.79 Å². The number of rotatable bonds is 3. The average molecular weight is 292 g/mol. The van der Waals surface area contributed by atoms with Gasteiger partial charge in [0.1, 0.15) is 5.65 Å². The SMILES string of the molecule is CCc1cc(CC)c2c(=O)cc(-c3ccc(C)cc3)[nH]c2n1. The monoisotopic (exact) mass is 292 g/mol. The van der Waals surface area contributed by atoms with E-state index in [0.717, 1.165) is 40.7 Å². The number of H-pyrrole nitrogens is 1. The molecule has 0 radical (unpaired) electrons. The molecule has 112 valence electrons. The number of aromatic amines is 1. The Morgan fingerprint density at radius 2 is 1.77 bits per heavy atom. The lowest BCUT2D eigenvalue weighted by Gasteiger charge is -2.09. The fourth-order valence-corrected chi connectivity index (χ4v) is 2.74. The van der Waals surface area contributed by atoms with Gasteiger partial charge in [0.05, 0.1) is 11.1 Å². The molecule has 3 nitrogen and oxygen atoms in total. The molecule has 0 aliphatic carbocycles. The van der Waals surface area contributed by atoms with E-state index in [4.69, 9.17) is 0 Å². The second-order valence-corrected chi connectivity index (χ2v) is 5.62. The molecule has 0 bridgehead atoms. The Morgan fingerprint density at radius 1 is 1.05 bits per heavy atom. The first-order valence-corrected chi connectivity index (χ1v) is 7.75. The van der Waals surface area contributed by atoms with E-state index in [-0.39, 0.29) is 5.43 Å². The molecule has 0 unspecified atom stereocenters. The van der Waals surface area contributed by atoms with Gasteiger partial charge in [-0.2, -0.15) is 0 Å². The maximum absolute atomic E-state index is 12.6. The molecule has 2 heterocycles. The molecule has 2 aromatic heterocycles. The largest absolute Gasteiger partial charge is 0.339 e. The quantitative estimate of drug-likeness (QED) is 0.792. The molecule has 0 saturated carbocycles. The number of hydrogen-bond donors (Lipinski definition) is 1. The Morgan fingerprint density at radius 3 is 2.41 bits per heavy atom. The van der Waals surface area contributed by atoms with E-state index in [2.05, 4.69) is 30.7 Å². The Bertz CT molecular complexity index is 876. The van der Waals surface area contributed by atoms with Gasteiger partial charge in [0.2, 0.25) is 0 Å². The Labute approximate surface area is 130 Å². The highest BCUT2D eigenvalue weighted by Gasteiger charge is 2.10. The van der Waals surface area contributed by atoms with Gasteiger partial charge >= 0.3 is 0 Å². The normalized spacial score (nSPS) is 11.0. The van der Waals surface area contributed by atoms with Gasteiger partial charge in [0.25, 0.3) is 0 Å². The van der Waals surface area contributed by atoms with Crippen molar-refractivity contribution in [2.45, 2.75) is 33.6 Å². The number of hydrogen-bond acceptors (Lipinski definition) is 2. The molecule has 3 heteroatoms. The van der Waals surface area contributed by atoms with Gasteiger partial charge in [0, 0.05) is 11.8 Å². The second-order valence-electron chi connectivity index (χ2n) is 5.62. The van der Waals surface area contributed by atoms with Crippen LogP contribution in [0.5, 0.6) is 0 Å². The van der Waals surface area contributed by atoms with Crippen molar-refractivity contribution in [1.82, 2.24) is 9.97 Å². The van der Waals surface area contributed by atoms with Gasteiger partial charge < -0.3 is 4.98 Å². The summed E-state index contributed by atoms with van der Waals surface area (Å²) in [6, 6.07) is 11.9. The predicted octanol–water partition coefficient (Wildman–Crippen LogP) is 4.02. The molecule has 0 aliphatic rings. The Balaban J connectivity index is 2.27. The molecule has 0 spiro atoms. The van der Waals surface area contributed by atoms with Gasteiger partial charge in [-0.1, -0.05) is 43.7 Å². The maximum atomic E-state index is 12.6. The summed E-state index contributed by atoms with van der Waals surface area (Å²) >= 11 is 0. The Kier molecular flexibility index (Phi) is 3.80. The van der Waals surface area contributed by atoms with E-state index in [9.17, 15) is 4.79 Å². The number of pyridine rings is 2. The standard InChI is InChI=1S/C19H20N2O/c1-4-13-10-15(5-2)20-19-18(13)17(22)11-16(21-19)14-8-6-12(3)7-9-14/h6-11H,4-5H2,1-3H3,(H,20,21,22). The van der Waals surface area contributed by atoms with E-state index in [1.54, 1.807) is 6.07 Å². The first-order chi connectivity index (χ1) is 10.6. The van der Waals surface area contributed by atoms with Crippen LogP contribution in [0.15, 0.2) is 41.2 Å². The number of fused-ring (bicyclic) bond motifs is 1. The first kappa shape index (κ1) is 14.5. The van der Waals surface area contributed by atoms with Crippen molar-refractivity contribution < 1.29 is 0 Å². The summed E-state index contributed by atoms with van der Waals surface area (Å²) in [6.07, 6.45) is 1.69. The van der Waals surface area contributed by atoms with Crippen LogP contribution in [-0.2, 0) is 12.8 Å². The summed E-state index contributed by atoms with van der Waals surface area (Å²) < 4.78 is 0. The molecular formula is C19H20N2O. The summed E-state index contributed by atoms with van der Waals surface area (Å²) in [5.74, 6) is 0. The van der Waals surface area contributed by atoms with Crippen molar-refractivity contribution >= 4 is 11.0 Å². The summed E-state index contributed by atoms with van der Waals surface area (Å²) in [5, 5.41) is 0.718. The van der Waals surface area contributed by atoms with Gasteiger partial charge in [-0.15, -0.1) is 0 Å². The van der Waals surface area contributed by atoms with Gasteiger partial charge in [0.15, 0.2) is 5.43 Å². The van der Waals surface area contributed by atoms with E-state index in [1.165, 1.54) is 5.56 Å². The van der Waals surface area contributed by atoms with Crippen LogP contribution >= 0.6 is 0 Å². The minimum Gasteiger partial charge on any atom is -0.339 e. The molecule has 1 N–H and O–H groups in total. The van der Waals surface area contributed by atoms with Crippen LogP contribution in [-0.4, -0.2) is 9.97 Å². The molecule has 0 fully saturated rings. The summed E-state index contributed by atoms with van der Waals surface area (Å²) in [6.45, 7) is 6.20. The third kappa shape index (κ3) is 2.54. The van der Waals surface area contributed by atoms with Crippen molar-refractivity contribution in [1.29, 1.82) is 0 Å². The minimum atomic E-state index is 0.0383. The molecular weight excluding hydrogens is 272 g/mol. The molecule has 0 aliphatic heterocycles. The van der Waals surface area contributed by atoms with Crippen molar-refractivity contribution in [2.75, 3.05) is 0 Å². The van der Waals surface area contributed by atoms with Gasteiger partial charge in [-0.25, -0.2) is 4.98 Å². The maximum Gasteiger partial charge on any atom is 0.191 e. The van der Waals surface area contributed by atoms with Crippen molar-refractivity contribution in [3.8, 4) is 11.3 Å². The van der Waals surface area contributed by atoms with E-state index in [1.807, 2.05) is 30.3 Å². The zero-order valence-electron chi connectivity index (χ0n) is 13.2. The number of aromatic nitrogens is 2. The third-order valence-corrected chi connectivity index (χ3v) is 4.03. The fourth-order valence-electron chi connectivity index (χ4n) is 2.74. The van der Waals surface area contributed by atoms with Crippen LogP contribution in [0.3, 0.4) is 0 Å². The molecule has 3 aromatic rings. The lowest BCUT2D eigenvalue weighted by molar-refractivity contribution is 1.02. The summed E-state index contributed by atoms with van der Waals surface area (Å²) in [4.78, 5) is 20.5. The highest BCUT2D eigenvalue weighted by atomic mass is 16.1. The number of nitrogens with zero attached hydrogens (tertiary/aromatic N) is 1. The van der Waals surface area contributed by atoms with Crippen LogP contribution in [0.2, 0.25) is 0 Å². The van der Waals surface area contributed by atoms with Crippen LogP contribution < -0.4 is 5.43 Å². The molecule has 0 saturated heterocycles. The lowest BCUT2D eigenvalue weighted by atomic mass is 10.0. The zero-order chi connectivity index (χ0) is 15.7. The lowest BCUT2D eigenvalue weighted by Crippen LogP contribution is -2.08. The van der Waals surface area contributed by atoms with Crippen LogP contribution in [0, 0.1) is 6.92 Å². The van der Waals surface area contributed by atoms with Crippen LogP contribution in [0.4, 0.5) is 0 Å². The van der Waals surface area contributed by atoms with Crippen molar-refractivity contribution in [3.05, 3.63) is 63.4 Å². The summed E-state index contributed by atoms with van der Waals surface area (Å²) in [5.41, 5.74) is 5.84. The Hall–Kier alpha value is -2.42. The first-order valence-electron chi connectivity index (χ1n) is 7.75. The molecule has 3 rings (SSSR count). The topological polar surface area (TPSA) is 45.8 Å². The third-order valence-electron chi connectivity index (χ3n) is 4.03. The molecule has 0 amide bonds. The highest BCUT2D eigenvalue weighted by molar-refractivity contribution is 5.81. The zero-order valence-corrected chi connectivity index (χ0v) is 13.2. The fraction of sp³-hybridized carbons (Fsp3) is 0.263. The van der Waals surface area contributed by atoms with Gasteiger partial charge in [-0.05, 0) is 37.0 Å². The predicted molar refractivity (Wildman–Crippen MR) is 91.3 cm³/mol. The summed E-state index contributed by atoms with van der Waals surface area (Å²) in [7, 11) is 0. The van der Waals surface area contributed by atoms with Crippen molar-refractivity contribution in [3.63, 3.8) is 0 Å².